The van der Waals surface area contributed by atoms with Gasteiger partial charge in [0, 0.05) is 18.3 Å². The van der Waals surface area contributed by atoms with E-state index < -0.39 is 0 Å². The van der Waals surface area contributed by atoms with Crippen LogP contribution in [0.1, 0.15) is 19.0 Å². The van der Waals surface area contributed by atoms with E-state index in [0.717, 1.165) is 30.2 Å². The van der Waals surface area contributed by atoms with Crippen LogP contribution in [0.15, 0.2) is 30.3 Å². The maximum Gasteiger partial charge on any atom is 0.229 e. The van der Waals surface area contributed by atoms with E-state index in [4.69, 9.17) is 11.6 Å². The lowest BCUT2D eigenvalue weighted by Gasteiger charge is -2.10. The van der Waals surface area contributed by atoms with Crippen molar-refractivity contribution in [2.45, 2.75) is 20.3 Å². The normalized spacial score (nSPS) is 10.3. The highest BCUT2D eigenvalue weighted by Crippen LogP contribution is 2.23. The third-order valence-electron chi connectivity index (χ3n) is 2.53. The molecule has 2 rings (SSSR count). The van der Waals surface area contributed by atoms with Crippen LogP contribution in [-0.4, -0.2) is 16.5 Å². The van der Waals surface area contributed by atoms with E-state index in [1.54, 1.807) is 0 Å². The van der Waals surface area contributed by atoms with E-state index in [1.165, 1.54) is 0 Å². The summed E-state index contributed by atoms with van der Waals surface area (Å²) in [7, 11) is 0. The minimum absolute atomic E-state index is 0.548. The van der Waals surface area contributed by atoms with Crippen molar-refractivity contribution in [2.75, 3.05) is 17.2 Å². The summed E-state index contributed by atoms with van der Waals surface area (Å²) in [5.41, 5.74) is 1.71. The van der Waals surface area contributed by atoms with Gasteiger partial charge in [0.15, 0.2) is 0 Å². The molecule has 4 nitrogen and oxygen atoms in total. The molecule has 0 aliphatic rings. The van der Waals surface area contributed by atoms with Gasteiger partial charge in [0.1, 0.15) is 5.82 Å². The van der Waals surface area contributed by atoms with Crippen molar-refractivity contribution in [3.63, 3.8) is 0 Å². The first-order chi connectivity index (χ1) is 9.19. The summed E-state index contributed by atoms with van der Waals surface area (Å²) in [5.74, 6) is 1.37. The van der Waals surface area contributed by atoms with Gasteiger partial charge in [-0.1, -0.05) is 30.7 Å². The number of halogens is 1. The van der Waals surface area contributed by atoms with E-state index in [2.05, 4.69) is 27.5 Å². The summed E-state index contributed by atoms with van der Waals surface area (Å²) in [6.07, 6.45) is 1.05. The maximum atomic E-state index is 6.10. The van der Waals surface area contributed by atoms with Gasteiger partial charge >= 0.3 is 0 Å². The number of benzene rings is 1. The largest absolute Gasteiger partial charge is 0.370 e. The number of hydrogen-bond acceptors (Lipinski definition) is 4. The Bertz CT molecular complexity index is 557. The zero-order valence-electron chi connectivity index (χ0n) is 11.1. The van der Waals surface area contributed by atoms with Crippen molar-refractivity contribution >= 4 is 29.1 Å². The molecule has 1 aromatic heterocycles. The predicted octanol–water partition coefficient (Wildman–Crippen LogP) is 4.00. The number of aromatic nitrogens is 2. The molecule has 0 amide bonds. The van der Waals surface area contributed by atoms with Gasteiger partial charge in [-0.2, -0.15) is 4.98 Å². The first-order valence-electron chi connectivity index (χ1n) is 6.30. The van der Waals surface area contributed by atoms with Gasteiger partial charge in [-0.25, -0.2) is 4.98 Å². The highest BCUT2D eigenvalue weighted by atomic mass is 35.5. The molecule has 100 valence electrons. The topological polar surface area (TPSA) is 49.8 Å². The van der Waals surface area contributed by atoms with E-state index in [1.807, 2.05) is 37.3 Å². The lowest BCUT2D eigenvalue weighted by Crippen LogP contribution is -2.06. The van der Waals surface area contributed by atoms with Crippen LogP contribution >= 0.6 is 11.6 Å². The molecule has 0 fully saturated rings. The SMILES string of the molecule is CCCNc1cc(C)nc(Nc2ccccc2Cl)n1. The Hall–Kier alpha value is -1.81. The van der Waals surface area contributed by atoms with Crippen LogP contribution in [0, 0.1) is 6.92 Å². The average molecular weight is 277 g/mol. The lowest BCUT2D eigenvalue weighted by molar-refractivity contribution is 0.962. The molecule has 0 aliphatic heterocycles. The number of nitrogens with one attached hydrogen (secondary N) is 2. The molecule has 5 heteroatoms. The third-order valence-corrected chi connectivity index (χ3v) is 2.86. The molecule has 0 atom stereocenters. The third kappa shape index (κ3) is 3.83. The minimum Gasteiger partial charge on any atom is -0.370 e. The van der Waals surface area contributed by atoms with Gasteiger partial charge in [0.25, 0.3) is 0 Å². The van der Waals surface area contributed by atoms with E-state index in [-0.39, 0.29) is 0 Å². The molecule has 0 unspecified atom stereocenters. The van der Waals surface area contributed by atoms with Gasteiger partial charge in [-0.05, 0) is 25.5 Å². The van der Waals surface area contributed by atoms with Crippen LogP contribution in [0.2, 0.25) is 5.02 Å². The summed E-state index contributed by atoms with van der Waals surface area (Å²) in [6, 6.07) is 9.45. The first kappa shape index (κ1) is 13.6. The summed E-state index contributed by atoms with van der Waals surface area (Å²) in [6.45, 7) is 4.95. The predicted molar refractivity (Wildman–Crippen MR) is 80.3 cm³/mol. The number of anilines is 3. The molecule has 0 spiro atoms. The standard InChI is InChI=1S/C14H17ClN4/c1-3-8-16-13-9-10(2)17-14(19-13)18-12-7-5-4-6-11(12)15/h4-7,9H,3,8H2,1-2H3,(H2,16,17,18,19). The molecular weight excluding hydrogens is 260 g/mol. The number of aryl methyl sites for hydroxylation is 1. The minimum atomic E-state index is 0.548. The molecule has 19 heavy (non-hydrogen) atoms. The molecular formula is C14H17ClN4. The Morgan fingerprint density at radius 2 is 2.00 bits per heavy atom. The van der Waals surface area contributed by atoms with Crippen molar-refractivity contribution in [2.24, 2.45) is 0 Å². The Balaban J connectivity index is 2.20. The quantitative estimate of drug-likeness (QED) is 0.866. The van der Waals surface area contributed by atoms with Crippen LogP contribution in [-0.2, 0) is 0 Å². The zero-order chi connectivity index (χ0) is 13.7. The molecule has 1 aromatic carbocycles. The summed E-state index contributed by atoms with van der Waals surface area (Å²) in [5, 5.41) is 7.04. The van der Waals surface area contributed by atoms with Crippen molar-refractivity contribution in [3.8, 4) is 0 Å². The van der Waals surface area contributed by atoms with Crippen LogP contribution in [0.3, 0.4) is 0 Å². The summed E-state index contributed by atoms with van der Waals surface area (Å²) in [4.78, 5) is 8.77. The summed E-state index contributed by atoms with van der Waals surface area (Å²) < 4.78 is 0. The molecule has 0 aliphatic carbocycles. The molecule has 2 aromatic rings. The van der Waals surface area contributed by atoms with Crippen LogP contribution < -0.4 is 10.6 Å². The average Bonchev–Trinajstić information content (AvgIpc) is 2.38. The van der Waals surface area contributed by atoms with Gasteiger partial charge in [0.2, 0.25) is 5.95 Å². The Morgan fingerprint density at radius 1 is 1.21 bits per heavy atom. The van der Waals surface area contributed by atoms with E-state index >= 15 is 0 Å². The molecule has 2 N–H and O–H groups in total. The molecule has 0 bridgehead atoms. The summed E-state index contributed by atoms with van der Waals surface area (Å²) >= 11 is 6.10. The Kier molecular flexibility index (Phi) is 4.58. The second-order valence-electron chi connectivity index (χ2n) is 4.25. The molecule has 0 saturated heterocycles. The van der Waals surface area contributed by atoms with Gasteiger partial charge in [-0.3, -0.25) is 0 Å². The maximum absolute atomic E-state index is 6.10. The number of hydrogen-bond donors (Lipinski definition) is 2. The second-order valence-corrected chi connectivity index (χ2v) is 4.66. The molecule has 1 heterocycles. The van der Waals surface area contributed by atoms with Crippen molar-refractivity contribution < 1.29 is 0 Å². The van der Waals surface area contributed by atoms with Crippen molar-refractivity contribution in [3.05, 3.63) is 41.0 Å². The second kappa shape index (κ2) is 6.38. The molecule has 0 radical (unpaired) electrons. The highest BCUT2D eigenvalue weighted by Gasteiger charge is 2.04. The van der Waals surface area contributed by atoms with Gasteiger partial charge < -0.3 is 10.6 Å². The fourth-order valence-electron chi connectivity index (χ4n) is 1.65. The number of para-hydroxylation sites is 1. The Morgan fingerprint density at radius 3 is 2.74 bits per heavy atom. The van der Waals surface area contributed by atoms with Crippen LogP contribution in [0.25, 0.3) is 0 Å². The number of nitrogens with zero attached hydrogens (tertiary/aromatic N) is 2. The van der Waals surface area contributed by atoms with E-state index in [9.17, 15) is 0 Å². The van der Waals surface area contributed by atoms with Crippen LogP contribution in [0.4, 0.5) is 17.5 Å². The number of rotatable bonds is 5. The van der Waals surface area contributed by atoms with Crippen molar-refractivity contribution in [1.82, 2.24) is 9.97 Å². The van der Waals surface area contributed by atoms with Crippen molar-refractivity contribution in [1.29, 1.82) is 0 Å². The monoisotopic (exact) mass is 276 g/mol. The lowest BCUT2D eigenvalue weighted by atomic mass is 10.3. The first-order valence-corrected chi connectivity index (χ1v) is 6.68. The van der Waals surface area contributed by atoms with Gasteiger partial charge in [-0.15, -0.1) is 0 Å². The molecule has 0 saturated carbocycles. The van der Waals surface area contributed by atoms with Gasteiger partial charge in [0.05, 0.1) is 10.7 Å². The Labute approximate surface area is 118 Å². The fraction of sp³-hybridized carbons (Fsp3) is 0.286. The zero-order valence-corrected chi connectivity index (χ0v) is 11.8. The fourth-order valence-corrected chi connectivity index (χ4v) is 1.83. The van der Waals surface area contributed by atoms with Crippen LogP contribution in [0.5, 0.6) is 0 Å². The van der Waals surface area contributed by atoms with E-state index in [0.29, 0.717) is 11.0 Å². The highest BCUT2D eigenvalue weighted by molar-refractivity contribution is 6.33. The smallest absolute Gasteiger partial charge is 0.229 e.